The summed E-state index contributed by atoms with van der Waals surface area (Å²) in [5, 5.41) is 0. The van der Waals surface area contributed by atoms with E-state index in [1.807, 2.05) is 18.2 Å². The highest BCUT2D eigenvalue weighted by Gasteiger charge is 2.21. The van der Waals surface area contributed by atoms with E-state index in [2.05, 4.69) is 6.92 Å². The summed E-state index contributed by atoms with van der Waals surface area (Å²) >= 11 is 0. The monoisotopic (exact) mass is 265 g/mol. The third-order valence-corrected chi connectivity index (χ3v) is 3.08. The highest BCUT2D eigenvalue weighted by molar-refractivity contribution is 5.40. The van der Waals surface area contributed by atoms with Crippen molar-refractivity contribution in [1.82, 2.24) is 0 Å². The fourth-order valence-corrected chi connectivity index (χ4v) is 1.75. The summed E-state index contributed by atoms with van der Waals surface area (Å²) in [5.41, 5.74) is 6.67. The minimum absolute atomic E-state index is 0.279. The van der Waals surface area contributed by atoms with Crippen LogP contribution in [-0.4, -0.2) is 20.0 Å². The van der Waals surface area contributed by atoms with Gasteiger partial charge in [0, 0.05) is 18.2 Å². The van der Waals surface area contributed by atoms with Crippen molar-refractivity contribution in [2.75, 3.05) is 20.0 Å². The molecule has 1 aliphatic rings. The van der Waals surface area contributed by atoms with Gasteiger partial charge in [0.25, 0.3) is 0 Å². The van der Waals surface area contributed by atoms with Crippen molar-refractivity contribution < 1.29 is 14.2 Å². The van der Waals surface area contributed by atoms with Crippen LogP contribution in [0.2, 0.25) is 0 Å². The Bertz CT molecular complexity index is 391. The molecule has 0 aromatic heterocycles. The smallest absolute Gasteiger partial charge is 0.189 e. The molecule has 4 heteroatoms. The molecule has 1 fully saturated rings. The Hall–Kier alpha value is -1.26. The van der Waals surface area contributed by atoms with Crippen molar-refractivity contribution in [3.8, 4) is 11.5 Å². The normalized spacial score (nSPS) is 14.4. The van der Waals surface area contributed by atoms with Crippen molar-refractivity contribution in [2.45, 2.75) is 32.7 Å². The molecule has 106 valence electrons. The number of rotatable bonds is 9. The zero-order valence-electron chi connectivity index (χ0n) is 11.6. The molecule has 0 bridgehead atoms. The topological polar surface area (TPSA) is 53.7 Å². The second kappa shape index (κ2) is 7.36. The van der Waals surface area contributed by atoms with Gasteiger partial charge in [0.05, 0.1) is 13.2 Å². The van der Waals surface area contributed by atoms with E-state index >= 15 is 0 Å². The number of hydrogen-bond donors (Lipinski definition) is 1. The van der Waals surface area contributed by atoms with Gasteiger partial charge < -0.3 is 19.9 Å². The summed E-state index contributed by atoms with van der Waals surface area (Å²) in [6.07, 6.45) is 3.56. The SMILES string of the molecule is CCCOc1ccc(CN)c(OCOCC2CC2)c1. The number of hydrogen-bond acceptors (Lipinski definition) is 4. The van der Waals surface area contributed by atoms with Crippen LogP contribution in [0, 0.1) is 5.92 Å². The first-order chi connectivity index (χ1) is 9.33. The van der Waals surface area contributed by atoms with Crippen LogP contribution in [-0.2, 0) is 11.3 Å². The van der Waals surface area contributed by atoms with Crippen LogP contribution < -0.4 is 15.2 Å². The van der Waals surface area contributed by atoms with E-state index in [9.17, 15) is 0 Å². The third kappa shape index (κ3) is 4.73. The molecule has 0 aliphatic heterocycles. The molecular formula is C15H23NO3. The summed E-state index contributed by atoms with van der Waals surface area (Å²) in [7, 11) is 0. The van der Waals surface area contributed by atoms with Gasteiger partial charge in [-0.25, -0.2) is 0 Å². The minimum Gasteiger partial charge on any atom is -0.493 e. The highest BCUT2D eigenvalue weighted by atomic mass is 16.7. The van der Waals surface area contributed by atoms with Gasteiger partial charge in [-0.05, 0) is 31.2 Å². The van der Waals surface area contributed by atoms with Crippen LogP contribution in [0.15, 0.2) is 18.2 Å². The van der Waals surface area contributed by atoms with Crippen LogP contribution in [0.3, 0.4) is 0 Å². The molecule has 0 heterocycles. The van der Waals surface area contributed by atoms with Gasteiger partial charge in [0.1, 0.15) is 11.5 Å². The van der Waals surface area contributed by atoms with Crippen molar-refractivity contribution >= 4 is 0 Å². The first-order valence-electron chi connectivity index (χ1n) is 6.99. The van der Waals surface area contributed by atoms with Crippen LogP contribution in [0.1, 0.15) is 31.7 Å². The fraction of sp³-hybridized carbons (Fsp3) is 0.600. The van der Waals surface area contributed by atoms with Crippen molar-refractivity contribution in [2.24, 2.45) is 11.7 Å². The van der Waals surface area contributed by atoms with E-state index in [0.29, 0.717) is 13.2 Å². The Morgan fingerprint density at radius 2 is 2.11 bits per heavy atom. The predicted octanol–water partition coefficient (Wildman–Crippen LogP) is 2.70. The first-order valence-corrected chi connectivity index (χ1v) is 6.99. The molecule has 19 heavy (non-hydrogen) atoms. The van der Waals surface area contributed by atoms with E-state index in [0.717, 1.165) is 36.0 Å². The largest absolute Gasteiger partial charge is 0.493 e. The molecule has 2 rings (SSSR count). The Morgan fingerprint density at radius 1 is 1.26 bits per heavy atom. The molecule has 1 aromatic carbocycles. The summed E-state index contributed by atoms with van der Waals surface area (Å²) in [6.45, 7) is 4.31. The quantitative estimate of drug-likeness (QED) is 0.551. The van der Waals surface area contributed by atoms with Gasteiger partial charge in [-0.3, -0.25) is 0 Å². The number of ether oxygens (including phenoxy) is 3. The van der Waals surface area contributed by atoms with Crippen molar-refractivity contribution in [3.63, 3.8) is 0 Å². The Morgan fingerprint density at radius 3 is 2.79 bits per heavy atom. The maximum atomic E-state index is 5.70. The lowest BCUT2D eigenvalue weighted by atomic mass is 10.2. The zero-order chi connectivity index (χ0) is 13.5. The summed E-state index contributed by atoms with van der Waals surface area (Å²) in [5.74, 6) is 2.32. The van der Waals surface area contributed by atoms with Gasteiger partial charge in [-0.15, -0.1) is 0 Å². The van der Waals surface area contributed by atoms with E-state index < -0.39 is 0 Å². The number of nitrogens with two attached hydrogens (primary N) is 1. The molecule has 0 atom stereocenters. The third-order valence-electron chi connectivity index (χ3n) is 3.08. The van der Waals surface area contributed by atoms with Crippen LogP contribution in [0.25, 0.3) is 0 Å². The molecule has 2 N–H and O–H groups in total. The highest BCUT2D eigenvalue weighted by Crippen LogP contribution is 2.29. The van der Waals surface area contributed by atoms with Crippen molar-refractivity contribution in [1.29, 1.82) is 0 Å². The Kier molecular flexibility index (Phi) is 5.48. The van der Waals surface area contributed by atoms with Crippen molar-refractivity contribution in [3.05, 3.63) is 23.8 Å². The first kappa shape index (κ1) is 14.2. The maximum absolute atomic E-state index is 5.70. The molecule has 4 nitrogen and oxygen atoms in total. The zero-order valence-corrected chi connectivity index (χ0v) is 11.6. The second-order valence-corrected chi connectivity index (χ2v) is 4.90. The fourth-order valence-electron chi connectivity index (χ4n) is 1.75. The molecule has 1 aliphatic carbocycles. The Balaban J connectivity index is 1.86. The van der Waals surface area contributed by atoms with Gasteiger partial charge >= 0.3 is 0 Å². The average molecular weight is 265 g/mol. The van der Waals surface area contributed by atoms with E-state index in [-0.39, 0.29) is 6.79 Å². The summed E-state index contributed by atoms with van der Waals surface area (Å²) in [4.78, 5) is 0. The lowest BCUT2D eigenvalue weighted by molar-refractivity contribution is 0.00936. The lowest BCUT2D eigenvalue weighted by Crippen LogP contribution is -2.08. The van der Waals surface area contributed by atoms with Crippen LogP contribution in [0.5, 0.6) is 11.5 Å². The standard InChI is InChI=1S/C15H23NO3/c1-2-7-18-14-6-5-13(9-16)15(8-14)19-11-17-10-12-3-4-12/h5-6,8,12H,2-4,7,9-11,16H2,1H3. The van der Waals surface area contributed by atoms with Gasteiger partial charge in [0.2, 0.25) is 0 Å². The summed E-state index contributed by atoms with van der Waals surface area (Å²) < 4.78 is 16.7. The maximum Gasteiger partial charge on any atom is 0.189 e. The van der Waals surface area contributed by atoms with Gasteiger partial charge in [0.15, 0.2) is 6.79 Å². The molecule has 0 spiro atoms. The van der Waals surface area contributed by atoms with Gasteiger partial charge in [-0.2, -0.15) is 0 Å². The number of benzene rings is 1. The molecule has 0 unspecified atom stereocenters. The molecular weight excluding hydrogens is 242 g/mol. The van der Waals surface area contributed by atoms with E-state index in [1.54, 1.807) is 0 Å². The molecule has 1 aromatic rings. The summed E-state index contributed by atoms with van der Waals surface area (Å²) in [6, 6.07) is 5.76. The van der Waals surface area contributed by atoms with E-state index in [4.69, 9.17) is 19.9 Å². The molecule has 0 amide bonds. The van der Waals surface area contributed by atoms with Crippen LogP contribution in [0.4, 0.5) is 0 Å². The molecule has 1 saturated carbocycles. The average Bonchev–Trinajstić information content (AvgIpc) is 3.25. The minimum atomic E-state index is 0.279. The van der Waals surface area contributed by atoms with E-state index in [1.165, 1.54) is 12.8 Å². The second-order valence-electron chi connectivity index (χ2n) is 4.90. The predicted molar refractivity (Wildman–Crippen MR) is 74.3 cm³/mol. The molecule has 0 radical (unpaired) electrons. The van der Waals surface area contributed by atoms with Gasteiger partial charge in [-0.1, -0.05) is 13.0 Å². The van der Waals surface area contributed by atoms with Crippen LogP contribution >= 0.6 is 0 Å². The molecule has 0 saturated heterocycles. The Labute approximate surface area is 114 Å². The lowest BCUT2D eigenvalue weighted by Gasteiger charge is -2.13.